The Balaban J connectivity index is 1.87. The first-order chi connectivity index (χ1) is 13.3. The van der Waals surface area contributed by atoms with Crippen LogP contribution < -0.4 is 0 Å². The largest absolute Gasteiger partial charge is 0.379 e. The summed E-state index contributed by atoms with van der Waals surface area (Å²) in [5, 5.41) is 3.87. The highest BCUT2D eigenvalue weighted by Crippen LogP contribution is 2.48. The van der Waals surface area contributed by atoms with Gasteiger partial charge >= 0.3 is 0 Å². The Morgan fingerprint density at radius 1 is 1.18 bits per heavy atom. The first-order valence-electron chi connectivity index (χ1n) is 9.64. The molecule has 0 N–H and O–H groups in total. The van der Waals surface area contributed by atoms with Crippen LogP contribution in [0.25, 0.3) is 0 Å². The van der Waals surface area contributed by atoms with Crippen LogP contribution in [0.5, 0.6) is 0 Å². The van der Waals surface area contributed by atoms with Gasteiger partial charge in [0.05, 0.1) is 13.2 Å². The van der Waals surface area contributed by atoms with Gasteiger partial charge in [-0.25, -0.2) is 14.4 Å². The van der Waals surface area contributed by atoms with Gasteiger partial charge in [0, 0.05) is 53.7 Å². The molecule has 1 atom stereocenters. The van der Waals surface area contributed by atoms with E-state index in [1.54, 1.807) is 11.1 Å². The van der Waals surface area contributed by atoms with Gasteiger partial charge in [-0.2, -0.15) is 0 Å². The first kappa shape index (κ1) is 19.6. The SMILES string of the molecule is CC1(C)CC(=O)C2=C(C1)N(N1CCOCC1)C(=O)CC2c1c(F)cccc1Cl. The maximum atomic E-state index is 14.7. The molecule has 1 amide bonds. The molecule has 2 heterocycles. The van der Waals surface area contributed by atoms with Gasteiger partial charge in [0.25, 0.3) is 0 Å². The molecule has 0 saturated carbocycles. The molecule has 150 valence electrons. The fourth-order valence-corrected chi connectivity index (χ4v) is 4.87. The van der Waals surface area contributed by atoms with Gasteiger partial charge in [-0.15, -0.1) is 0 Å². The molecule has 1 unspecified atom stereocenters. The van der Waals surface area contributed by atoms with E-state index in [-0.39, 0.29) is 34.1 Å². The highest BCUT2D eigenvalue weighted by atomic mass is 35.5. The highest BCUT2D eigenvalue weighted by Gasteiger charge is 2.46. The van der Waals surface area contributed by atoms with Crippen molar-refractivity contribution < 1.29 is 18.7 Å². The molecule has 3 aliphatic rings. The van der Waals surface area contributed by atoms with Crippen LogP contribution in [0, 0.1) is 11.2 Å². The van der Waals surface area contributed by atoms with Crippen LogP contribution in [-0.4, -0.2) is 48.0 Å². The van der Waals surface area contributed by atoms with Crippen molar-refractivity contribution in [2.45, 2.75) is 39.0 Å². The van der Waals surface area contributed by atoms with Crippen molar-refractivity contribution in [1.82, 2.24) is 10.0 Å². The monoisotopic (exact) mass is 406 g/mol. The molecule has 1 saturated heterocycles. The lowest BCUT2D eigenvalue weighted by molar-refractivity contribution is -0.154. The molecule has 2 aliphatic heterocycles. The quantitative estimate of drug-likeness (QED) is 0.751. The van der Waals surface area contributed by atoms with Crippen molar-refractivity contribution in [3.8, 4) is 0 Å². The Labute approximate surface area is 169 Å². The van der Waals surface area contributed by atoms with Gasteiger partial charge in [-0.1, -0.05) is 31.5 Å². The Bertz CT molecular complexity index is 841. The zero-order chi connectivity index (χ0) is 20.1. The number of hydrogen-bond donors (Lipinski definition) is 0. The van der Waals surface area contributed by atoms with Crippen molar-refractivity contribution >= 4 is 23.3 Å². The Hall–Kier alpha value is -1.76. The van der Waals surface area contributed by atoms with E-state index in [1.807, 2.05) is 18.9 Å². The minimum Gasteiger partial charge on any atom is -0.379 e. The van der Waals surface area contributed by atoms with E-state index < -0.39 is 11.7 Å². The lowest BCUT2D eigenvalue weighted by Gasteiger charge is -2.47. The number of hydrogen-bond acceptors (Lipinski definition) is 4. The molecule has 1 fully saturated rings. The maximum Gasteiger partial charge on any atom is 0.242 e. The number of nitrogens with zero attached hydrogens (tertiary/aromatic N) is 2. The van der Waals surface area contributed by atoms with Crippen LogP contribution in [0.2, 0.25) is 5.02 Å². The van der Waals surface area contributed by atoms with Crippen LogP contribution in [0.15, 0.2) is 29.5 Å². The van der Waals surface area contributed by atoms with E-state index in [1.165, 1.54) is 12.1 Å². The number of rotatable bonds is 2. The topological polar surface area (TPSA) is 49.9 Å². The maximum absolute atomic E-state index is 14.7. The van der Waals surface area contributed by atoms with Crippen molar-refractivity contribution in [2.75, 3.05) is 26.3 Å². The molecule has 4 rings (SSSR count). The third kappa shape index (κ3) is 3.38. The van der Waals surface area contributed by atoms with E-state index >= 15 is 0 Å². The summed E-state index contributed by atoms with van der Waals surface area (Å²) < 4.78 is 20.1. The molecule has 7 heteroatoms. The molecular formula is C21H24ClFN2O3. The second kappa shape index (κ2) is 7.25. The summed E-state index contributed by atoms with van der Waals surface area (Å²) in [5.74, 6) is -1.27. The molecule has 0 spiro atoms. The normalized spacial score (nSPS) is 25.9. The number of halogens is 2. The molecule has 0 aromatic heterocycles. The average Bonchev–Trinajstić information content (AvgIpc) is 2.60. The number of benzene rings is 1. The number of allylic oxidation sites excluding steroid dienone is 2. The summed E-state index contributed by atoms with van der Waals surface area (Å²) in [6.07, 6.45) is 0.988. The van der Waals surface area contributed by atoms with Crippen LogP contribution in [0.1, 0.15) is 44.6 Å². The summed E-state index contributed by atoms with van der Waals surface area (Å²) in [6.45, 7) is 6.29. The fraction of sp³-hybridized carbons (Fsp3) is 0.524. The van der Waals surface area contributed by atoms with Gasteiger partial charge < -0.3 is 4.74 Å². The van der Waals surface area contributed by atoms with Crippen molar-refractivity contribution in [2.24, 2.45) is 5.41 Å². The van der Waals surface area contributed by atoms with E-state index in [9.17, 15) is 14.0 Å². The summed E-state index contributed by atoms with van der Waals surface area (Å²) in [5.41, 5.74) is 1.22. The minimum absolute atomic E-state index is 0.0265. The number of carbonyl (C=O) groups excluding carboxylic acids is 2. The Kier molecular flexibility index (Phi) is 5.06. The third-order valence-corrected chi connectivity index (χ3v) is 6.06. The van der Waals surface area contributed by atoms with E-state index in [0.717, 1.165) is 0 Å². The predicted octanol–water partition coefficient (Wildman–Crippen LogP) is 3.69. The van der Waals surface area contributed by atoms with Gasteiger partial charge in [0.1, 0.15) is 5.82 Å². The second-order valence-electron chi connectivity index (χ2n) is 8.46. The second-order valence-corrected chi connectivity index (χ2v) is 8.87. The minimum atomic E-state index is -0.642. The standard InChI is InChI=1S/C21H24ClFN2O3/c1-21(2)11-16-20(17(26)12-21)13(19-14(22)4-3-5-15(19)23)10-18(27)25(16)24-6-8-28-9-7-24/h3-5,13H,6-12H2,1-2H3. The number of amides is 1. The number of Topliss-reactive ketones (excluding diaryl/α,β-unsaturated/α-hetero) is 1. The number of hydrazine groups is 1. The zero-order valence-corrected chi connectivity index (χ0v) is 16.9. The van der Waals surface area contributed by atoms with Gasteiger partial charge in [-0.05, 0) is 24.0 Å². The number of carbonyl (C=O) groups is 2. The van der Waals surface area contributed by atoms with Crippen LogP contribution in [0.4, 0.5) is 4.39 Å². The van der Waals surface area contributed by atoms with Crippen molar-refractivity contribution in [1.29, 1.82) is 0 Å². The number of ether oxygens (including phenoxy) is 1. The van der Waals surface area contributed by atoms with Gasteiger partial charge in [0.15, 0.2) is 5.78 Å². The summed E-state index contributed by atoms with van der Waals surface area (Å²) in [7, 11) is 0. The summed E-state index contributed by atoms with van der Waals surface area (Å²) >= 11 is 6.30. The first-order valence-corrected chi connectivity index (χ1v) is 10.0. The van der Waals surface area contributed by atoms with Crippen LogP contribution in [-0.2, 0) is 14.3 Å². The van der Waals surface area contributed by atoms with E-state index in [0.29, 0.717) is 50.4 Å². The van der Waals surface area contributed by atoms with Crippen molar-refractivity contribution in [3.63, 3.8) is 0 Å². The number of ketones is 1. The van der Waals surface area contributed by atoms with E-state index in [2.05, 4.69) is 0 Å². The molecule has 5 nitrogen and oxygen atoms in total. The van der Waals surface area contributed by atoms with Gasteiger partial charge in [0.2, 0.25) is 5.91 Å². The van der Waals surface area contributed by atoms with Crippen LogP contribution >= 0.6 is 11.6 Å². The Morgan fingerprint density at radius 3 is 2.57 bits per heavy atom. The molecule has 0 bridgehead atoms. The highest BCUT2D eigenvalue weighted by molar-refractivity contribution is 6.31. The molecule has 1 aromatic rings. The summed E-state index contributed by atoms with van der Waals surface area (Å²) in [4.78, 5) is 26.4. The fourth-order valence-electron chi connectivity index (χ4n) is 4.57. The Morgan fingerprint density at radius 2 is 1.89 bits per heavy atom. The third-order valence-electron chi connectivity index (χ3n) is 5.73. The van der Waals surface area contributed by atoms with Crippen molar-refractivity contribution in [3.05, 3.63) is 45.9 Å². The lowest BCUT2D eigenvalue weighted by Crippen LogP contribution is -2.55. The molecule has 28 heavy (non-hydrogen) atoms. The van der Waals surface area contributed by atoms with Crippen LogP contribution in [0.3, 0.4) is 0 Å². The molecule has 0 radical (unpaired) electrons. The number of morpholine rings is 1. The molecule has 1 aromatic carbocycles. The zero-order valence-electron chi connectivity index (χ0n) is 16.1. The average molecular weight is 407 g/mol. The summed E-state index contributed by atoms with van der Waals surface area (Å²) in [6, 6.07) is 4.47. The predicted molar refractivity (Wildman–Crippen MR) is 103 cm³/mol. The van der Waals surface area contributed by atoms with Gasteiger partial charge in [-0.3, -0.25) is 9.59 Å². The van der Waals surface area contributed by atoms with E-state index in [4.69, 9.17) is 16.3 Å². The molecular weight excluding hydrogens is 383 g/mol. The lowest BCUT2D eigenvalue weighted by atomic mass is 9.69. The molecule has 1 aliphatic carbocycles. The smallest absolute Gasteiger partial charge is 0.242 e.